The molecule has 420 valence electrons. The first-order valence-electron chi connectivity index (χ1n) is 25.9. The lowest BCUT2D eigenvalue weighted by molar-refractivity contribution is -0.138. The quantitative estimate of drug-likeness (QED) is 0.0420. The maximum atomic E-state index is 14.8. The van der Waals surface area contributed by atoms with E-state index in [0.717, 1.165) is 10.9 Å². The number of guanidine groups is 2. The largest absolute Gasteiger partial charge is 0.481 e. The van der Waals surface area contributed by atoms with Crippen molar-refractivity contribution in [1.29, 1.82) is 5.26 Å². The highest BCUT2D eigenvalue weighted by atomic mass is 16.4. The molecule has 1 aliphatic heterocycles. The van der Waals surface area contributed by atoms with Gasteiger partial charge in [0.2, 0.25) is 35.4 Å². The third-order valence-corrected chi connectivity index (χ3v) is 13.2. The van der Waals surface area contributed by atoms with Gasteiger partial charge in [-0.25, -0.2) is 0 Å². The minimum atomic E-state index is -1.66. The van der Waals surface area contributed by atoms with Crippen LogP contribution in [0.2, 0.25) is 0 Å². The minimum Gasteiger partial charge on any atom is -0.481 e. The first kappa shape index (κ1) is 61.9. The first-order valence-corrected chi connectivity index (χ1v) is 25.9. The minimum absolute atomic E-state index is 0.00792. The highest BCUT2D eigenvalue weighted by Crippen LogP contribution is 2.26. The van der Waals surface area contributed by atoms with E-state index in [1.165, 1.54) is 19.1 Å². The molecule has 0 radical (unpaired) electrons. The Kier molecular flexibility index (Phi) is 24.9. The van der Waals surface area contributed by atoms with Crippen LogP contribution in [-0.4, -0.2) is 124 Å². The van der Waals surface area contributed by atoms with Crippen molar-refractivity contribution in [3.8, 4) is 6.07 Å². The van der Waals surface area contributed by atoms with Crippen LogP contribution in [0, 0.1) is 23.2 Å². The number of benzene rings is 2. The second-order valence-electron chi connectivity index (χ2n) is 19.4. The van der Waals surface area contributed by atoms with E-state index < -0.39 is 121 Å². The molecule has 4 rings (SSSR count). The van der Waals surface area contributed by atoms with E-state index in [2.05, 4.69) is 41.6 Å². The number of aromatic nitrogens is 1. The van der Waals surface area contributed by atoms with Crippen molar-refractivity contribution < 1.29 is 53.1 Å². The Morgan fingerprint density at radius 2 is 1.42 bits per heavy atom. The number of carboxylic acid groups (broad SMARTS) is 1. The Labute approximate surface area is 451 Å². The Morgan fingerprint density at radius 1 is 0.756 bits per heavy atom. The number of hydrogen-bond donors (Lipinski definition) is 12. The van der Waals surface area contributed by atoms with Crippen molar-refractivity contribution in [2.45, 2.75) is 140 Å². The third kappa shape index (κ3) is 21.1. The molecule has 3 aromatic rings. The molecule has 78 heavy (non-hydrogen) atoms. The van der Waals surface area contributed by atoms with Crippen LogP contribution in [-0.2, 0) is 60.8 Å². The summed E-state index contributed by atoms with van der Waals surface area (Å²) in [6.45, 7) is 1.33. The number of hydrogen-bond acceptors (Lipinski definition) is 13. The van der Waals surface area contributed by atoms with Crippen molar-refractivity contribution >= 4 is 81.6 Å². The Hall–Kier alpha value is -8.69. The topological polar surface area (TPSA) is 445 Å². The van der Waals surface area contributed by atoms with Crippen molar-refractivity contribution in [1.82, 2.24) is 31.6 Å². The van der Waals surface area contributed by atoms with Crippen LogP contribution < -0.4 is 55.3 Å². The highest BCUT2D eigenvalue weighted by Gasteiger charge is 2.35. The van der Waals surface area contributed by atoms with E-state index in [1.54, 1.807) is 18.3 Å². The van der Waals surface area contributed by atoms with Crippen molar-refractivity contribution in [2.75, 3.05) is 13.1 Å². The lowest BCUT2D eigenvalue weighted by atomic mass is 9.83. The number of carboxylic acids is 1. The summed E-state index contributed by atoms with van der Waals surface area (Å²) < 4.78 is 0. The number of carbonyl (C=O) groups excluding carboxylic acids is 9. The number of nitrogens with zero attached hydrogens (tertiary/aromatic N) is 3. The van der Waals surface area contributed by atoms with E-state index in [-0.39, 0.29) is 108 Å². The molecule has 1 saturated heterocycles. The molecule has 0 bridgehead atoms. The molecule has 17 N–H and O–H groups in total. The van der Waals surface area contributed by atoms with Crippen LogP contribution in [0.25, 0.3) is 10.9 Å². The van der Waals surface area contributed by atoms with Gasteiger partial charge in [0.25, 0.3) is 0 Å². The van der Waals surface area contributed by atoms with Gasteiger partial charge < -0.3 is 65.3 Å². The highest BCUT2D eigenvalue weighted by molar-refractivity contribution is 5.98. The number of aromatic amines is 1. The maximum absolute atomic E-state index is 14.8. The second kappa shape index (κ2) is 31.4. The molecule has 0 unspecified atom stereocenters. The summed E-state index contributed by atoms with van der Waals surface area (Å²) in [6, 6.07) is 8.34. The van der Waals surface area contributed by atoms with E-state index in [9.17, 15) is 58.3 Å². The molecule has 0 spiro atoms. The zero-order valence-corrected chi connectivity index (χ0v) is 43.7. The number of nitrogens with one attached hydrogen (secondary N) is 6. The number of primary amides is 1. The number of ketones is 3. The summed E-state index contributed by atoms with van der Waals surface area (Å²) in [7, 11) is 0. The summed E-state index contributed by atoms with van der Waals surface area (Å²) in [5.74, 6) is -10.5. The van der Waals surface area contributed by atoms with E-state index in [1.807, 2.05) is 30.3 Å². The molecular formula is C53H72N14O11. The van der Waals surface area contributed by atoms with Gasteiger partial charge in [-0.05, 0) is 93.5 Å². The van der Waals surface area contributed by atoms with Crippen molar-refractivity contribution in [3.63, 3.8) is 0 Å². The summed E-state index contributed by atoms with van der Waals surface area (Å²) >= 11 is 0. The summed E-state index contributed by atoms with van der Waals surface area (Å²) in [4.78, 5) is 148. The van der Waals surface area contributed by atoms with Gasteiger partial charge in [-0.15, -0.1) is 0 Å². The number of fused-ring (bicyclic) bond motifs is 1. The molecule has 6 amide bonds. The number of carbonyl (C=O) groups is 10. The predicted molar refractivity (Wildman–Crippen MR) is 287 cm³/mol. The fraction of sp³-hybridized carbons (Fsp3) is 0.491. The second-order valence-corrected chi connectivity index (χ2v) is 19.4. The van der Waals surface area contributed by atoms with Gasteiger partial charge in [0.1, 0.15) is 35.7 Å². The number of H-pyrrole nitrogens is 1. The summed E-state index contributed by atoms with van der Waals surface area (Å²) in [5, 5.41) is 33.0. The van der Waals surface area contributed by atoms with Crippen molar-refractivity contribution in [3.05, 3.63) is 71.4 Å². The standard InChI is InChI=1S/C53H72N14O11/c1-30(68)63-40(13-7-23-61-53(58)59)49(76)65-41-19-18-36(69)9-2-4-12-39(47(55)74)64-48(75)34(25-35-29-62-38-11-5-3-10-37(35)38)27-44(70)33(8-6-22-60-52(56)57)26-45(71)43(24-31-14-16-32(28-54)17-15-31)67-51(78)42(66-50(41)77)20-21-46(72)73/h3,5,10-11,14-17,29,33-34,39-43,62H,2,4,6-9,12-13,18-27H2,1H3,(H2,55,74)(H,63,68)(H,64,75)(H,65,76)(H,66,77)(H,67,78)(H,72,73)(H4,56,57,60)(H4,58,59,61)/t33-,34-,39+,40+,41+,42+,43-/m1/s1. The number of nitriles is 1. The average Bonchev–Trinajstić information content (AvgIpc) is 3.81. The molecule has 1 fully saturated rings. The maximum Gasteiger partial charge on any atom is 0.303 e. The van der Waals surface area contributed by atoms with Crippen LogP contribution in [0.3, 0.4) is 0 Å². The lowest BCUT2D eigenvalue weighted by Gasteiger charge is -2.27. The van der Waals surface area contributed by atoms with Gasteiger partial charge >= 0.3 is 5.97 Å². The predicted octanol–water partition coefficient (Wildman–Crippen LogP) is -0.200. The number of amides is 6. The van der Waals surface area contributed by atoms with Gasteiger partial charge in [0.05, 0.1) is 17.7 Å². The van der Waals surface area contributed by atoms with Gasteiger partial charge in [-0.3, -0.25) is 57.9 Å². The molecule has 0 aliphatic carbocycles. The van der Waals surface area contributed by atoms with Crippen molar-refractivity contribution in [2.24, 2.45) is 50.5 Å². The Balaban J connectivity index is 1.81. The van der Waals surface area contributed by atoms with Crippen LogP contribution in [0.5, 0.6) is 0 Å². The molecule has 25 heteroatoms. The Bertz CT molecular complexity index is 2730. The summed E-state index contributed by atoms with van der Waals surface area (Å²) in [6.07, 6.45) is -0.365. The Morgan fingerprint density at radius 3 is 2.08 bits per heavy atom. The monoisotopic (exact) mass is 1080 g/mol. The molecule has 2 heterocycles. The fourth-order valence-corrected chi connectivity index (χ4v) is 9.05. The average molecular weight is 1080 g/mol. The van der Waals surface area contributed by atoms with E-state index in [0.29, 0.717) is 16.7 Å². The smallest absolute Gasteiger partial charge is 0.303 e. The SMILES string of the molecule is CC(=O)N[C@@H](CCCN=C(N)N)C(=O)N[C@H]1CCC(=O)CCCC[C@@H](C(N)=O)NC(=O)[C@H](Cc2c[nH]c3ccccc23)CC(=O)[C@H](CCCN=C(N)N)CC(=O)[C@@H](Cc2ccc(C#N)cc2)NC(=O)[C@H](CCC(=O)O)NC1=O. The number of para-hydroxylation sites is 1. The zero-order valence-electron chi connectivity index (χ0n) is 43.7. The van der Waals surface area contributed by atoms with Crippen LogP contribution in [0.4, 0.5) is 0 Å². The zero-order chi connectivity index (χ0) is 57.3. The summed E-state index contributed by atoms with van der Waals surface area (Å²) in [5.41, 5.74) is 30.1. The van der Waals surface area contributed by atoms with E-state index in [4.69, 9.17) is 28.7 Å². The normalized spacial score (nSPS) is 20.9. The van der Waals surface area contributed by atoms with Gasteiger partial charge in [0.15, 0.2) is 17.7 Å². The number of nitrogens with two attached hydrogens (primary N) is 5. The molecule has 2 aromatic carbocycles. The fourth-order valence-electron chi connectivity index (χ4n) is 9.05. The molecule has 25 nitrogen and oxygen atoms in total. The molecular weight excluding hydrogens is 1010 g/mol. The number of aliphatic carboxylic acids is 1. The van der Waals surface area contributed by atoms with Gasteiger partial charge in [-0.2, -0.15) is 5.26 Å². The number of Topliss-reactive ketones (excluding diaryl/α,β-unsaturated/α-hetero) is 3. The van der Waals surface area contributed by atoms with E-state index >= 15 is 0 Å². The molecule has 0 saturated carbocycles. The first-order chi connectivity index (χ1) is 37.1. The molecule has 1 aromatic heterocycles. The van der Waals surface area contributed by atoms with Gasteiger partial charge in [-0.1, -0.05) is 36.8 Å². The molecule has 1 aliphatic rings. The van der Waals surface area contributed by atoms with Gasteiger partial charge in [0, 0.05) is 81.1 Å². The van der Waals surface area contributed by atoms with Crippen LogP contribution in [0.1, 0.15) is 114 Å². The molecule has 7 atom stereocenters. The third-order valence-electron chi connectivity index (χ3n) is 13.2. The lowest BCUT2D eigenvalue weighted by Crippen LogP contribution is -2.58. The number of aliphatic imine (C=N–C) groups is 2. The van der Waals surface area contributed by atoms with Crippen LogP contribution in [0.15, 0.2) is 64.7 Å². The van der Waals surface area contributed by atoms with Crippen LogP contribution >= 0.6 is 0 Å². The number of rotatable bonds is 19.